The van der Waals surface area contributed by atoms with Gasteiger partial charge in [-0.15, -0.1) is 0 Å². The summed E-state index contributed by atoms with van der Waals surface area (Å²) in [6.07, 6.45) is 0.480. The van der Waals surface area contributed by atoms with Crippen molar-refractivity contribution in [2.45, 2.75) is 13.8 Å². The summed E-state index contributed by atoms with van der Waals surface area (Å²) in [7, 11) is 0. The second-order valence-electron chi connectivity index (χ2n) is 3.94. The van der Waals surface area contributed by atoms with Gasteiger partial charge in [0, 0.05) is 5.69 Å². The highest BCUT2D eigenvalue weighted by atomic mass is 35.5. The molecular weight excluding hydrogens is 282 g/mol. The maximum atomic E-state index is 11.8. The first kappa shape index (κ1) is 14.2. The molecule has 0 spiro atoms. The molecule has 2 heterocycles. The van der Waals surface area contributed by atoms with Crippen LogP contribution < -0.4 is 0 Å². The molecule has 2 aromatic heterocycles. The van der Waals surface area contributed by atoms with Gasteiger partial charge in [0.1, 0.15) is 5.15 Å². The van der Waals surface area contributed by atoms with Crippen LogP contribution in [-0.4, -0.2) is 33.6 Å². The lowest BCUT2D eigenvalue weighted by Gasteiger charge is -2.02. The van der Waals surface area contributed by atoms with Crippen molar-refractivity contribution in [3.8, 4) is 5.82 Å². The number of hydrogen-bond acceptors (Lipinski definition) is 5. The Bertz CT molecular complexity index is 667. The fourth-order valence-corrected chi connectivity index (χ4v) is 1.92. The molecule has 0 atom stereocenters. The van der Waals surface area contributed by atoms with Crippen molar-refractivity contribution in [2.75, 3.05) is 6.61 Å². The Kier molecular flexibility index (Phi) is 4.14. The van der Waals surface area contributed by atoms with Crippen molar-refractivity contribution in [1.29, 1.82) is 0 Å². The number of aldehydes is 1. The molecule has 0 unspecified atom stereocenters. The molecule has 0 aliphatic rings. The van der Waals surface area contributed by atoms with Gasteiger partial charge in [-0.05, 0) is 26.0 Å². The summed E-state index contributed by atoms with van der Waals surface area (Å²) in [5, 5.41) is 4.06. The van der Waals surface area contributed by atoms with Crippen LogP contribution >= 0.6 is 11.6 Å². The summed E-state index contributed by atoms with van der Waals surface area (Å²) in [6, 6.07) is 5.27. The molecule has 0 amide bonds. The number of ether oxygens (including phenoxy) is 1. The summed E-state index contributed by atoms with van der Waals surface area (Å²) in [4.78, 5) is 27.1. The fourth-order valence-electron chi connectivity index (χ4n) is 1.66. The predicted molar refractivity (Wildman–Crippen MR) is 72.5 cm³/mol. The molecule has 104 valence electrons. The Morgan fingerprint density at radius 2 is 2.25 bits per heavy atom. The van der Waals surface area contributed by atoms with Crippen LogP contribution in [-0.2, 0) is 4.74 Å². The summed E-state index contributed by atoms with van der Waals surface area (Å²) in [5.74, 6) is -0.267. The van der Waals surface area contributed by atoms with Crippen LogP contribution in [0.15, 0.2) is 18.2 Å². The molecule has 0 saturated carbocycles. The van der Waals surface area contributed by atoms with Gasteiger partial charge in [-0.3, -0.25) is 4.79 Å². The summed E-state index contributed by atoms with van der Waals surface area (Å²) >= 11 is 6.08. The molecule has 7 heteroatoms. The normalized spacial score (nSPS) is 10.3. The minimum atomic E-state index is -0.692. The van der Waals surface area contributed by atoms with Crippen LogP contribution in [0.1, 0.15) is 33.5 Å². The molecule has 0 aromatic carbocycles. The molecular formula is C13H12ClN3O3. The SMILES string of the molecule is CCOC(=O)c1nn(-c2cccc(C)n2)c(Cl)c1C=O. The molecule has 0 radical (unpaired) electrons. The zero-order valence-corrected chi connectivity index (χ0v) is 11.7. The van der Waals surface area contributed by atoms with E-state index in [2.05, 4.69) is 10.1 Å². The maximum Gasteiger partial charge on any atom is 0.359 e. The van der Waals surface area contributed by atoms with E-state index in [0.717, 1.165) is 5.69 Å². The lowest BCUT2D eigenvalue weighted by molar-refractivity contribution is 0.0517. The average Bonchev–Trinajstić information content (AvgIpc) is 2.76. The molecule has 0 aliphatic carbocycles. The van der Waals surface area contributed by atoms with Crippen LogP contribution in [0.3, 0.4) is 0 Å². The topological polar surface area (TPSA) is 74.1 Å². The minimum Gasteiger partial charge on any atom is -0.461 e. The largest absolute Gasteiger partial charge is 0.461 e. The third kappa shape index (κ3) is 2.55. The quantitative estimate of drug-likeness (QED) is 0.638. The Labute approximate surface area is 120 Å². The first-order chi connectivity index (χ1) is 9.58. The van der Waals surface area contributed by atoms with Crippen LogP contribution in [0.4, 0.5) is 0 Å². The van der Waals surface area contributed by atoms with E-state index in [-0.39, 0.29) is 23.0 Å². The third-order valence-electron chi connectivity index (χ3n) is 2.54. The predicted octanol–water partition coefficient (Wildman–Crippen LogP) is 2.22. The Balaban J connectivity index is 2.56. The van der Waals surface area contributed by atoms with Crippen molar-refractivity contribution < 1.29 is 14.3 Å². The first-order valence-electron chi connectivity index (χ1n) is 5.93. The average molecular weight is 294 g/mol. The summed E-state index contributed by atoms with van der Waals surface area (Å²) in [6.45, 7) is 3.66. The Morgan fingerprint density at radius 1 is 1.50 bits per heavy atom. The number of carbonyl (C=O) groups is 2. The molecule has 0 N–H and O–H groups in total. The van der Waals surface area contributed by atoms with Crippen molar-refractivity contribution in [3.63, 3.8) is 0 Å². The second kappa shape index (κ2) is 5.83. The van der Waals surface area contributed by atoms with Crippen molar-refractivity contribution in [3.05, 3.63) is 40.3 Å². The van der Waals surface area contributed by atoms with Crippen molar-refractivity contribution in [2.24, 2.45) is 0 Å². The molecule has 0 fully saturated rings. The fraction of sp³-hybridized carbons (Fsp3) is 0.231. The van der Waals surface area contributed by atoms with Crippen molar-refractivity contribution in [1.82, 2.24) is 14.8 Å². The summed E-state index contributed by atoms with van der Waals surface area (Å²) < 4.78 is 6.09. The van der Waals surface area contributed by atoms with Crippen LogP contribution in [0.2, 0.25) is 5.15 Å². The van der Waals surface area contributed by atoms with E-state index in [4.69, 9.17) is 16.3 Å². The zero-order chi connectivity index (χ0) is 14.7. The van der Waals surface area contributed by atoms with Crippen LogP contribution in [0.25, 0.3) is 5.82 Å². The molecule has 0 bridgehead atoms. The Morgan fingerprint density at radius 3 is 2.85 bits per heavy atom. The molecule has 0 saturated heterocycles. The number of carbonyl (C=O) groups excluding carboxylic acids is 2. The Hall–Kier alpha value is -2.21. The van der Waals surface area contributed by atoms with E-state index in [9.17, 15) is 9.59 Å². The van der Waals surface area contributed by atoms with Gasteiger partial charge in [0.2, 0.25) is 0 Å². The van der Waals surface area contributed by atoms with E-state index in [1.165, 1.54) is 4.68 Å². The van der Waals surface area contributed by atoms with E-state index < -0.39 is 5.97 Å². The number of aryl methyl sites for hydroxylation is 1. The highest BCUT2D eigenvalue weighted by Gasteiger charge is 2.23. The minimum absolute atomic E-state index is 0.00609. The van der Waals surface area contributed by atoms with Crippen molar-refractivity contribution >= 4 is 23.9 Å². The summed E-state index contributed by atoms with van der Waals surface area (Å²) in [5.41, 5.74) is 0.642. The number of nitrogens with zero attached hydrogens (tertiary/aromatic N) is 3. The molecule has 0 aliphatic heterocycles. The van der Waals surface area contributed by atoms with Crippen LogP contribution in [0.5, 0.6) is 0 Å². The van der Waals surface area contributed by atoms with Gasteiger partial charge in [0.15, 0.2) is 17.8 Å². The lowest BCUT2D eigenvalue weighted by atomic mass is 10.3. The van der Waals surface area contributed by atoms with Gasteiger partial charge in [0.05, 0.1) is 12.2 Å². The number of halogens is 1. The third-order valence-corrected chi connectivity index (χ3v) is 2.90. The highest BCUT2D eigenvalue weighted by molar-refractivity contribution is 6.32. The molecule has 2 rings (SSSR count). The van der Waals surface area contributed by atoms with Gasteiger partial charge in [0.25, 0.3) is 0 Å². The number of hydrogen-bond donors (Lipinski definition) is 0. The standard InChI is InChI=1S/C13H12ClN3O3/c1-3-20-13(19)11-9(7-18)12(14)17(16-11)10-6-4-5-8(2)15-10/h4-7H,3H2,1-2H3. The van der Waals surface area contributed by atoms with Gasteiger partial charge >= 0.3 is 5.97 Å². The maximum absolute atomic E-state index is 11.8. The highest BCUT2D eigenvalue weighted by Crippen LogP contribution is 2.22. The number of aromatic nitrogens is 3. The number of esters is 1. The van der Waals surface area contributed by atoms with Crippen LogP contribution in [0, 0.1) is 6.92 Å². The van der Waals surface area contributed by atoms with E-state index in [0.29, 0.717) is 12.1 Å². The second-order valence-corrected chi connectivity index (χ2v) is 4.30. The van der Waals surface area contributed by atoms with Gasteiger partial charge in [-0.25, -0.2) is 14.5 Å². The molecule has 6 nitrogen and oxygen atoms in total. The van der Waals surface area contributed by atoms with E-state index >= 15 is 0 Å². The first-order valence-corrected chi connectivity index (χ1v) is 6.31. The monoisotopic (exact) mass is 293 g/mol. The van der Waals surface area contributed by atoms with E-state index in [1.807, 2.05) is 13.0 Å². The number of rotatable bonds is 4. The molecule has 2 aromatic rings. The van der Waals surface area contributed by atoms with Gasteiger partial charge < -0.3 is 4.74 Å². The van der Waals surface area contributed by atoms with Gasteiger partial charge in [-0.1, -0.05) is 17.7 Å². The smallest absolute Gasteiger partial charge is 0.359 e. The lowest BCUT2D eigenvalue weighted by Crippen LogP contribution is -2.08. The molecule has 20 heavy (non-hydrogen) atoms. The number of pyridine rings is 1. The zero-order valence-electron chi connectivity index (χ0n) is 11.0. The van der Waals surface area contributed by atoms with Gasteiger partial charge in [-0.2, -0.15) is 5.10 Å². The van der Waals surface area contributed by atoms with E-state index in [1.54, 1.807) is 19.1 Å².